The topological polar surface area (TPSA) is 75.7 Å². The van der Waals surface area contributed by atoms with Gasteiger partial charge < -0.3 is 10.1 Å². The van der Waals surface area contributed by atoms with E-state index >= 15 is 0 Å². The van der Waals surface area contributed by atoms with Gasteiger partial charge in [-0.1, -0.05) is 24.3 Å². The van der Waals surface area contributed by atoms with Gasteiger partial charge >= 0.3 is 0 Å². The van der Waals surface area contributed by atoms with E-state index in [1.165, 1.54) is 11.4 Å². The maximum atomic E-state index is 13.3. The first kappa shape index (κ1) is 17.3. The Morgan fingerprint density at radius 2 is 1.92 bits per heavy atom. The van der Waals surface area contributed by atoms with Gasteiger partial charge in [0, 0.05) is 7.05 Å². The fourth-order valence-electron chi connectivity index (χ4n) is 2.83. The summed E-state index contributed by atoms with van der Waals surface area (Å²) in [6, 6.07) is 12.1. The molecule has 0 fully saturated rings. The molecule has 2 aromatic rings. The smallest absolute Gasteiger partial charge is 0.264 e. The van der Waals surface area contributed by atoms with Crippen LogP contribution in [0.3, 0.4) is 0 Å². The van der Waals surface area contributed by atoms with Crippen LogP contribution in [0.5, 0.6) is 5.75 Å². The number of benzene rings is 2. The van der Waals surface area contributed by atoms with E-state index in [2.05, 4.69) is 5.32 Å². The standard InChI is InChI=1S/C18H20N2O4S/c1-12-8-9-13(2)17(10-12)25(22,23)20-11-16(18(21)19-3)24-15-7-5-4-6-14(15)20/h4-10,16H,11H2,1-3H3,(H,19,21)/t16-/m1/s1. The lowest BCUT2D eigenvalue weighted by molar-refractivity contribution is -0.127. The van der Waals surface area contributed by atoms with Crippen LogP contribution in [0.25, 0.3) is 0 Å². The van der Waals surface area contributed by atoms with Crippen molar-refractivity contribution in [3.63, 3.8) is 0 Å². The van der Waals surface area contributed by atoms with Crippen molar-refractivity contribution in [1.82, 2.24) is 5.32 Å². The van der Waals surface area contributed by atoms with Gasteiger partial charge in [0.05, 0.1) is 17.1 Å². The highest BCUT2D eigenvalue weighted by molar-refractivity contribution is 7.93. The van der Waals surface area contributed by atoms with Gasteiger partial charge in [-0.05, 0) is 43.2 Å². The maximum Gasteiger partial charge on any atom is 0.264 e. The van der Waals surface area contributed by atoms with Crippen molar-refractivity contribution in [2.75, 3.05) is 17.9 Å². The maximum absolute atomic E-state index is 13.3. The summed E-state index contributed by atoms with van der Waals surface area (Å²) in [5.74, 6) is 0.00639. The second-order valence-corrected chi connectivity index (χ2v) is 7.82. The number of anilines is 1. The molecule has 0 saturated carbocycles. The van der Waals surface area contributed by atoms with Crippen LogP contribution in [0.2, 0.25) is 0 Å². The number of rotatable bonds is 3. The zero-order valence-corrected chi connectivity index (χ0v) is 15.1. The van der Waals surface area contributed by atoms with E-state index in [4.69, 9.17) is 4.74 Å². The number of para-hydroxylation sites is 2. The van der Waals surface area contributed by atoms with Crippen molar-refractivity contribution in [1.29, 1.82) is 0 Å². The molecule has 25 heavy (non-hydrogen) atoms. The summed E-state index contributed by atoms with van der Waals surface area (Å²) in [4.78, 5) is 12.3. The molecule has 3 rings (SSSR count). The molecule has 1 N–H and O–H groups in total. The summed E-state index contributed by atoms with van der Waals surface area (Å²) in [7, 11) is -2.33. The lowest BCUT2D eigenvalue weighted by Crippen LogP contribution is -2.50. The molecule has 0 aliphatic carbocycles. The molecule has 0 saturated heterocycles. The van der Waals surface area contributed by atoms with Crippen molar-refractivity contribution >= 4 is 21.6 Å². The first-order valence-electron chi connectivity index (χ1n) is 7.92. The number of amides is 1. The van der Waals surface area contributed by atoms with E-state index in [1.54, 1.807) is 43.3 Å². The minimum atomic E-state index is -3.83. The Morgan fingerprint density at radius 1 is 1.20 bits per heavy atom. The largest absolute Gasteiger partial charge is 0.476 e. The van der Waals surface area contributed by atoms with Crippen LogP contribution in [0, 0.1) is 13.8 Å². The van der Waals surface area contributed by atoms with E-state index in [1.807, 2.05) is 13.0 Å². The Kier molecular flexibility index (Phi) is 4.43. The molecule has 1 heterocycles. The molecule has 7 heteroatoms. The molecule has 132 valence electrons. The summed E-state index contributed by atoms with van der Waals surface area (Å²) in [6.45, 7) is 3.53. The number of nitrogens with one attached hydrogen (secondary N) is 1. The number of ether oxygens (including phenoxy) is 1. The van der Waals surface area contributed by atoms with Crippen molar-refractivity contribution in [2.24, 2.45) is 0 Å². The van der Waals surface area contributed by atoms with Crippen LogP contribution in [0.4, 0.5) is 5.69 Å². The zero-order chi connectivity index (χ0) is 18.2. The molecular formula is C18H20N2O4S. The number of carbonyl (C=O) groups is 1. The molecule has 0 bridgehead atoms. The molecule has 0 unspecified atom stereocenters. The normalized spacial score (nSPS) is 16.8. The number of nitrogens with zero attached hydrogens (tertiary/aromatic N) is 1. The second-order valence-electron chi connectivity index (χ2n) is 5.99. The Balaban J connectivity index is 2.13. The summed E-state index contributed by atoms with van der Waals surface area (Å²) >= 11 is 0. The number of fused-ring (bicyclic) bond motifs is 1. The van der Waals surface area contributed by atoms with Crippen molar-refractivity contribution in [3.05, 3.63) is 53.6 Å². The van der Waals surface area contributed by atoms with Gasteiger partial charge in [0.15, 0.2) is 6.10 Å². The van der Waals surface area contributed by atoms with E-state index in [0.29, 0.717) is 17.0 Å². The third-order valence-electron chi connectivity index (χ3n) is 4.19. The van der Waals surface area contributed by atoms with E-state index in [-0.39, 0.29) is 17.3 Å². The van der Waals surface area contributed by atoms with E-state index < -0.39 is 16.1 Å². The van der Waals surface area contributed by atoms with Gasteiger partial charge in [0.2, 0.25) is 0 Å². The molecule has 0 spiro atoms. The molecule has 1 atom stereocenters. The third-order valence-corrected chi connectivity index (χ3v) is 6.11. The lowest BCUT2D eigenvalue weighted by Gasteiger charge is -2.34. The number of sulfonamides is 1. The summed E-state index contributed by atoms with van der Waals surface area (Å²) in [6.07, 6.45) is -0.903. The minimum Gasteiger partial charge on any atom is -0.476 e. The third kappa shape index (κ3) is 3.07. The average Bonchev–Trinajstić information content (AvgIpc) is 2.61. The second kappa shape index (κ2) is 6.40. The van der Waals surface area contributed by atoms with Crippen LogP contribution < -0.4 is 14.4 Å². The van der Waals surface area contributed by atoms with Gasteiger partial charge in [-0.3, -0.25) is 9.10 Å². The number of aryl methyl sites for hydroxylation is 2. The summed E-state index contributed by atoms with van der Waals surface area (Å²) < 4.78 is 33.6. The fraction of sp³-hybridized carbons (Fsp3) is 0.278. The minimum absolute atomic E-state index is 0.0770. The van der Waals surface area contributed by atoms with Gasteiger partial charge in [-0.15, -0.1) is 0 Å². The number of carbonyl (C=O) groups excluding carboxylic acids is 1. The van der Waals surface area contributed by atoms with Crippen molar-refractivity contribution < 1.29 is 17.9 Å². The van der Waals surface area contributed by atoms with Crippen molar-refractivity contribution in [2.45, 2.75) is 24.8 Å². The van der Waals surface area contributed by atoms with E-state index in [0.717, 1.165) is 5.56 Å². The Labute approximate surface area is 147 Å². The highest BCUT2D eigenvalue weighted by Gasteiger charge is 2.37. The Hall–Kier alpha value is -2.54. The van der Waals surface area contributed by atoms with E-state index in [9.17, 15) is 13.2 Å². The predicted octanol–water partition coefficient (Wildman–Crippen LogP) is 2.01. The van der Waals surface area contributed by atoms with Gasteiger partial charge in [0.1, 0.15) is 5.75 Å². The van der Waals surface area contributed by atoms with Crippen LogP contribution in [-0.2, 0) is 14.8 Å². The van der Waals surface area contributed by atoms with Gasteiger partial charge in [-0.25, -0.2) is 8.42 Å². The Bertz CT molecular complexity index is 924. The quantitative estimate of drug-likeness (QED) is 0.908. The monoisotopic (exact) mass is 360 g/mol. The van der Waals surface area contributed by atoms with Crippen LogP contribution >= 0.6 is 0 Å². The molecule has 6 nitrogen and oxygen atoms in total. The zero-order valence-electron chi connectivity index (χ0n) is 14.3. The van der Waals surface area contributed by atoms with Crippen molar-refractivity contribution in [3.8, 4) is 5.75 Å². The number of hydrogen-bond donors (Lipinski definition) is 1. The summed E-state index contributed by atoms with van der Waals surface area (Å²) in [5, 5.41) is 2.51. The van der Waals surface area contributed by atoms with Gasteiger partial charge in [0.25, 0.3) is 15.9 Å². The highest BCUT2D eigenvalue weighted by Crippen LogP contribution is 2.37. The van der Waals surface area contributed by atoms with Crippen LogP contribution in [0.1, 0.15) is 11.1 Å². The predicted molar refractivity (Wildman–Crippen MR) is 95.4 cm³/mol. The van der Waals surface area contributed by atoms with Crippen LogP contribution in [-0.4, -0.2) is 34.0 Å². The lowest BCUT2D eigenvalue weighted by atomic mass is 10.2. The molecule has 0 aromatic heterocycles. The average molecular weight is 360 g/mol. The molecule has 2 aromatic carbocycles. The SMILES string of the molecule is CNC(=O)[C@H]1CN(S(=O)(=O)c2cc(C)ccc2C)c2ccccc2O1. The Morgan fingerprint density at radius 3 is 2.64 bits per heavy atom. The summed E-state index contributed by atoms with van der Waals surface area (Å²) in [5.41, 5.74) is 1.95. The first-order chi connectivity index (χ1) is 11.8. The molecule has 1 aliphatic heterocycles. The first-order valence-corrected chi connectivity index (χ1v) is 9.36. The van der Waals surface area contributed by atoms with Gasteiger partial charge in [-0.2, -0.15) is 0 Å². The number of hydrogen-bond acceptors (Lipinski definition) is 4. The molecule has 1 amide bonds. The molecule has 0 radical (unpaired) electrons. The fourth-order valence-corrected chi connectivity index (χ4v) is 4.62. The molecular weight excluding hydrogens is 340 g/mol. The molecule has 1 aliphatic rings. The number of likely N-dealkylation sites (N-methyl/N-ethyl adjacent to an activating group) is 1. The van der Waals surface area contributed by atoms with Crippen LogP contribution in [0.15, 0.2) is 47.4 Å². The highest BCUT2D eigenvalue weighted by atomic mass is 32.2.